The van der Waals surface area contributed by atoms with Gasteiger partial charge in [-0.3, -0.25) is 4.99 Å². The molecular formula is C9H18F2N2O. The molecule has 0 aromatic heterocycles. The lowest BCUT2D eigenvalue weighted by atomic mass is 9.95. The average molecular weight is 208 g/mol. The van der Waals surface area contributed by atoms with Gasteiger partial charge in [-0.1, -0.05) is 20.8 Å². The molecule has 0 aromatic carbocycles. The van der Waals surface area contributed by atoms with E-state index in [4.69, 9.17) is 5.73 Å². The number of rotatable bonds is 5. The van der Waals surface area contributed by atoms with Crippen LogP contribution in [0.4, 0.5) is 8.78 Å². The van der Waals surface area contributed by atoms with E-state index in [1.807, 2.05) is 20.8 Å². The molecule has 0 fully saturated rings. The molecule has 0 saturated heterocycles. The summed E-state index contributed by atoms with van der Waals surface area (Å²) in [6.45, 7) is 5.78. The van der Waals surface area contributed by atoms with Gasteiger partial charge in [-0.05, 0) is 0 Å². The van der Waals surface area contributed by atoms with Gasteiger partial charge in [0.1, 0.15) is 6.61 Å². The van der Waals surface area contributed by atoms with Crippen molar-refractivity contribution < 1.29 is 13.5 Å². The Labute approximate surface area is 83.3 Å². The minimum Gasteiger partial charge on any atom is -0.387 e. The molecular weight excluding hydrogens is 190 g/mol. The van der Waals surface area contributed by atoms with Crippen LogP contribution in [-0.4, -0.2) is 32.0 Å². The largest absolute Gasteiger partial charge is 0.387 e. The van der Waals surface area contributed by atoms with E-state index in [-0.39, 0.29) is 12.0 Å². The normalized spacial score (nSPS) is 13.7. The maximum atomic E-state index is 11.6. The van der Waals surface area contributed by atoms with Gasteiger partial charge in [0.25, 0.3) is 6.43 Å². The van der Waals surface area contributed by atoms with Gasteiger partial charge in [0.15, 0.2) is 0 Å². The maximum absolute atomic E-state index is 11.6. The van der Waals surface area contributed by atoms with E-state index in [9.17, 15) is 8.78 Å². The minimum atomic E-state index is -2.42. The van der Waals surface area contributed by atoms with E-state index < -0.39 is 13.0 Å². The third kappa shape index (κ3) is 6.77. The van der Waals surface area contributed by atoms with E-state index in [2.05, 4.69) is 9.73 Å². The van der Waals surface area contributed by atoms with Crippen LogP contribution in [0.15, 0.2) is 4.99 Å². The summed E-state index contributed by atoms with van der Waals surface area (Å²) in [7, 11) is 0. The molecule has 2 N–H and O–H groups in total. The second kappa shape index (κ2) is 5.90. The Morgan fingerprint density at radius 2 is 2.00 bits per heavy atom. The van der Waals surface area contributed by atoms with Crippen LogP contribution in [0.1, 0.15) is 20.8 Å². The van der Waals surface area contributed by atoms with Crippen molar-refractivity contribution in [3.8, 4) is 0 Å². The molecule has 0 spiro atoms. The fourth-order valence-electron chi connectivity index (χ4n) is 0.640. The molecule has 0 aromatic rings. The summed E-state index contributed by atoms with van der Waals surface area (Å²) >= 11 is 0. The SMILES string of the molecule is CC(C)(C)C(N)=NCCOCC(F)F. The van der Waals surface area contributed by atoms with Gasteiger partial charge in [-0.15, -0.1) is 0 Å². The molecule has 0 saturated carbocycles. The summed E-state index contributed by atoms with van der Waals surface area (Å²) in [4.78, 5) is 4.02. The van der Waals surface area contributed by atoms with Crippen molar-refractivity contribution in [3.05, 3.63) is 0 Å². The van der Waals surface area contributed by atoms with Crippen molar-refractivity contribution >= 4 is 5.84 Å². The summed E-state index contributed by atoms with van der Waals surface area (Å²) in [5.41, 5.74) is 5.46. The van der Waals surface area contributed by atoms with Crippen molar-refractivity contribution in [2.45, 2.75) is 27.2 Å². The first-order chi connectivity index (χ1) is 6.34. The number of hydrogen-bond acceptors (Lipinski definition) is 2. The topological polar surface area (TPSA) is 47.6 Å². The first-order valence-corrected chi connectivity index (χ1v) is 4.50. The molecule has 0 bridgehead atoms. The zero-order valence-corrected chi connectivity index (χ0v) is 8.89. The highest BCUT2D eigenvalue weighted by Gasteiger charge is 2.14. The molecule has 0 aliphatic rings. The average Bonchev–Trinajstić information content (AvgIpc) is 2.01. The van der Waals surface area contributed by atoms with Crippen molar-refractivity contribution in [1.29, 1.82) is 0 Å². The van der Waals surface area contributed by atoms with Crippen LogP contribution in [0.25, 0.3) is 0 Å². The first kappa shape index (κ1) is 13.3. The van der Waals surface area contributed by atoms with Crippen LogP contribution in [-0.2, 0) is 4.74 Å². The predicted octanol–water partition coefficient (Wildman–Crippen LogP) is 1.67. The third-order valence-corrected chi connectivity index (χ3v) is 1.53. The maximum Gasteiger partial charge on any atom is 0.261 e. The fourth-order valence-corrected chi connectivity index (χ4v) is 0.640. The molecule has 0 unspecified atom stereocenters. The highest BCUT2D eigenvalue weighted by Crippen LogP contribution is 2.12. The van der Waals surface area contributed by atoms with E-state index in [1.165, 1.54) is 0 Å². The zero-order chi connectivity index (χ0) is 11.2. The van der Waals surface area contributed by atoms with Gasteiger partial charge < -0.3 is 10.5 Å². The standard InChI is InChI=1S/C9H18F2N2O/c1-9(2,3)8(12)13-4-5-14-6-7(10)11/h7H,4-6H2,1-3H3,(H2,12,13). The number of hydrogen-bond donors (Lipinski definition) is 1. The lowest BCUT2D eigenvalue weighted by Crippen LogP contribution is -2.29. The number of nitrogens with zero attached hydrogens (tertiary/aromatic N) is 1. The molecule has 14 heavy (non-hydrogen) atoms. The number of alkyl halides is 2. The summed E-state index contributed by atoms with van der Waals surface area (Å²) in [6.07, 6.45) is -2.42. The second-order valence-corrected chi connectivity index (χ2v) is 3.98. The van der Waals surface area contributed by atoms with Crippen LogP contribution < -0.4 is 5.73 Å². The summed E-state index contributed by atoms with van der Waals surface area (Å²) in [5.74, 6) is 0.512. The number of nitrogens with two attached hydrogens (primary N) is 1. The monoisotopic (exact) mass is 208 g/mol. The Morgan fingerprint density at radius 1 is 1.43 bits per heavy atom. The molecule has 0 atom stereocenters. The smallest absolute Gasteiger partial charge is 0.261 e. The fraction of sp³-hybridized carbons (Fsp3) is 0.889. The van der Waals surface area contributed by atoms with Gasteiger partial charge in [0, 0.05) is 5.41 Å². The van der Waals surface area contributed by atoms with Gasteiger partial charge in [-0.2, -0.15) is 0 Å². The summed E-state index contributed by atoms with van der Waals surface area (Å²) < 4.78 is 27.9. The molecule has 0 heterocycles. The molecule has 3 nitrogen and oxygen atoms in total. The first-order valence-electron chi connectivity index (χ1n) is 4.50. The lowest BCUT2D eigenvalue weighted by molar-refractivity contribution is 0.0207. The van der Waals surface area contributed by atoms with Crippen molar-refractivity contribution in [2.24, 2.45) is 16.1 Å². The van der Waals surface area contributed by atoms with Crippen LogP contribution in [0.2, 0.25) is 0 Å². The number of ether oxygens (including phenoxy) is 1. The third-order valence-electron chi connectivity index (χ3n) is 1.53. The minimum absolute atomic E-state index is 0.178. The van der Waals surface area contributed by atoms with E-state index in [0.29, 0.717) is 12.4 Å². The van der Waals surface area contributed by atoms with Crippen LogP contribution in [0, 0.1) is 5.41 Å². The Morgan fingerprint density at radius 3 is 2.43 bits per heavy atom. The van der Waals surface area contributed by atoms with Crippen molar-refractivity contribution in [2.75, 3.05) is 19.8 Å². The molecule has 0 rings (SSSR count). The van der Waals surface area contributed by atoms with Gasteiger partial charge >= 0.3 is 0 Å². The van der Waals surface area contributed by atoms with Crippen LogP contribution in [0.5, 0.6) is 0 Å². The van der Waals surface area contributed by atoms with Crippen molar-refractivity contribution in [1.82, 2.24) is 0 Å². The van der Waals surface area contributed by atoms with E-state index >= 15 is 0 Å². The van der Waals surface area contributed by atoms with E-state index in [0.717, 1.165) is 0 Å². The quantitative estimate of drug-likeness (QED) is 0.424. The van der Waals surface area contributed by atoms with Crippen LogP contribution >= 0.6 is 0 Å². The highest BCUT2D eigenvalue weighted by atomic mass is 19.3. The molecule has 0 amide bonds. The van der Waals surface area contributed by atoms with Gasteiger partial charge in [0.2, 0.25) is 0 Å². The molecule has 0 aliphatic carbocycles. The highest BCUT2D eigenvalue weighted by molar-refractivity contribution is 5.85. The van der Waals surface area contributed by atoms with Crippen molar-refractivity contribution in [3.63, 3.8) is 0 Å². The lowest BCUT2D eigenvalue weighted by Gasteiger charge is -2.17. The van der Waals surface area contributed by atoms with Gasteiger partial charge in [-0.25, -0.2) is 8.78 Å². The van der Waals surface area contributed by atoms with Gasteiger partial charge in [0.05, 0.1) is 19.0 Å². The molecule has 5 heteroatoms. The Balaban J connectivity index is 3.62. The zero-order valence-electron chi connectivity index (χ0n) is 8.89. The molecule has 0 aliphatic heterocycles. The Kier molecular flexibility index (Phi) is 5.60. The molecule has 0 radical (unpaired) electrons. The van der Waals surface area contributed by atoms with E-state index in [1.54, 1.807) is 0 Å². The number of amidine groups is 1. The van der Waals surface area contributed by atoms with Crippen LogP contribution in [0.3, 0.4) is 0 Å². The number of aliphatic imine (C=N–C) groups is 1. The molecule has 84 valence electrons. The second-order valence-electron chi connectivity index (χ2n) is 3.98. The summed E-state index contributed by atoms with van der Waals surface area (Å²) in [5, 5.41) is 0. The Hall–Kier alpha value is -0.710. The Bertz CT molecular complexity index is 188. The summed E-state index contributed by atoms with van der Waals surface area (Å²) in [6, 6.07) is 0. The predicted molar refractivity (Wildman–Crippen MR) is 52.8 cm³/mol. The number of halogens is 2.